The maximum absolute atomic E-state index is 12.3. The van der Waals surface area contributed by atoms with E-state index in [1.54, 1.807) is 11.9 Å². The van der Waals surface area contributed by atoms with Crippen LogP contribution >= 0.6 is 35.6 Å². The van der Waals surface area contributed by atoms with Crippen LogP contribution in [0.25, 0.3) is 0 Å². The van der Waals surface area contributed by atoms with Crippen molar-refractivity contribution >= 4 is 47.4 Å². The minimum Gasteiger partial charge on any atom is -0.356 e. The number of hydrogen-bond acceptors (Lipinski definition) is 3. The Labute approximate surface area is 191 Å². The lowest BCUT2D eigenvalue weighted by molar-refractivity contribution is -0.133. The molecule has 1 fully saturated rings. The lowest BCUT2D eigenvalue weighted by Gasteiger charge is -2.26. The number of rotatable bonds is 7. The highest BCUT2D eigenvalue weighted by molar-refractivity contribution is 14.0. The molecule has 1 aliphatic rings. The summed E-state index contributed by atoms with van der Waals surface area (Å²) in [4.78, 5) is 22.7. The summed E-state index contributed by atoms with van der Waals surface area (Å²) < 4.78 is 2.03. The number of halogens is 2. The quantitative estimate of drug-likeness (QED) is 0.257. The first kappa shape index (κ1) is 25.0. The van der Waals surface area contributed by atoms with E-state index < -0.39 is 0 Å². The van der Waals surface area contributed by atoms with Crippen LogP contribution < -0.4 is 5.32 Å². The van der Waals surface area contributed by atoms with Gasteiger partial charge in [0.1, 0.15) is 0 Å². The fraction of sp³-hybridized carbons (Fsp3) is 0.684. The smallest absolute Gasteiger partial charge is 0.239 e. The zero-order valence-electron chi connectivity index (χ0n) is 17.6. The fourth-order valence-electron chi connectivity index (χ4n) is 3.58. The lowest BCUT2D eigenvalue weighted by atomic mass is 10.2. The average molecular weight is 525 g/mol. The van der Waals surface area contributed by atoms with Gasteiger partial charge in [0.05, 0.1) is 17.6 Å². The second kappa shape index (κ2) is 11.9. The molecule has 2 rings (SSSR count). The summed E-state index contributed by atoms with van der Waals surface area (Å²) in [6, 6.07) is 2.02. The molecule has 0 aliphatic carbocycles. The van der Waals surface area contributed by atoms with Crippen LogP contribution in [-0.4, -0.2) is 85.0 Å². The van der Waals surface area contributed by atoms with Gasteiger partial charge in [0, 0.05) is 60.2 Å². The number of carbonyl (C=O) groups is 1. The second-order valence-corrected chi connectivity index (χ2v) is 7.81. The first-order valence-corrected chi connectivity index (χ1v) is 9.89. The Morgan fingerprint density at radius 3 is 2.68 bits per heavy atom. The zero-order chi connectivity index (χ0) is 20.0. The predicted octanol–water partition coefficient (Wildman–Crippen LogP) is 2.25. The molecule has 1 saturated heterocycles. The van der Waals surface area contributed by atoms with E-state index in [2.05, 4.69) is 20.1 Å². The largest absolute Gasteiger partial charge is 0.356 e. The van der Waals surface area contributed by atoms with Crippen LogP contribution in [0.4, 0.5) is 0 Å². The van der Waals surface area contributed by atoms with Crippen molar-refractivity contribution in [1.29, 1.82) is 0 Å². The second-order valence-electron chi connectivity index (χ2n) is 7.37. The van der Waals surface area contributed by atoms with E-state index in [0.29, 0.717) is 0 Å². The summed E-state index contributed by atoms with van der Waals surface area (Å²) in [6.45, 7) is 3.48. The highest BCUT2D eigenvalue weighted by Crippen LogP contribution is 2.18. The molecule has 1 aliphatic heterocycles. The fourth-order valence-corrected chi connectivity index (χ4v) is 3.85. The van der Waals surface area contributed by atoms with Crippen LogP contribution in [0.1, 0.15) is 25.0 Å². The van der Waals surface area contributed by atoms with Gasteiger partial charge in [-0.3, -0.25) is 14.7 Å². The van der Waals surface area contributed by atoms with Crippen LogP contribution in [-0.2, 0) is 18.4 Å². The zero-order valence-corrected chi connectivity index (χ0v) is 20.7. The number of nitrogens with zero attached hydrogens (tertiary/aromatic N) is 5. The SMILES string of the molecule is CN=C(NCCCN1CCCC1C(=O)N(C)C)N(C)Cc1cc(Cl)cn1C.I. The van der Waals surface area contributed by atoms with Crippen molar-refractivity contribution in [2.24, 2.45) is 12.0 Å². The summed E-state index contributed by atoms with van der Waals surface area (Å²) in [5, 5.41) is 4.16. The first-order valence-electron chi connectivity index (χ1n) is 9.51. The van der Waals surface area contributed by atoms with Crippen molar-refractivity contribution in [3.05, 3.63) is 23.0 Å². The third kappa shape index (κ3) is 6.81. The van der Waals surface area contributed by atoms with Crippen molar-refractivity contribution in [1.82, 2.24) is 24.6 Å². The molecule has 0 bridgehead atoms. The van der Waals surface area contributed by atoms with Crippen LogP contribution in [0.3, 0.4) is 0 Å². The van der Waals surface area contributed by atoms with Gasteiger partial charge >= 0.3 is 0 Å². The molecule has 0 radical (unpaired) electrons. The highest BCUT2D eigenvalue weighted by Gasteiger charge is 2.30. The van der Waals surface area contributed by atoms with E-state index in [1.165, 1.54) is 0 Å². The molecule has 1 aromatic rings. The maximum atomic E-state index is 12.3. The van der Waals surface area contributed by atoms with Crippen LogP contribution in [0.5, 0.6) is 0 Å². The number of hydrogen-bond donors (Lipinski definition) is 1. The van der Waals surface area contributed by atoms with Gasteiger partial charge in [0.2, 0.25) is 5.91 Å². The number of likely N-dealkylation sites (tertiary alicyclic amines) is 1. The van der Waals surface area contributed by atoms with Crippen molar-refractivity contribution in [3.63, 3.8) is 0 Å². The number of aryl methyl sites for hydroxylation is 1. The van der Waals surface area contributed by atoms with Crippen molar-refractivity contribution in [2.75, 3.05) is 47.8 Å². The Morgan fingerprint density at radius 1 is 1.39 bits per heavy atom. The van der Waals surface area contributed by atoms with Gasteiger partial charge < -0.3 is 19.7 Å². The third-order valence-corrected chi connectivity index (χ3v) is 5.25. The Kier molecular flexibility index (Phi) is 10.6. The van der Waals surface area contributed by atoms with Gasteiger partial charge in [0.15, 0.2) is 5.96 Å². The molecule has 1 atom stereocenters. The standard InChI is InChI=1S/C19H33ClN6O.HI/c1-21-19(25(5)14-16-12-15(20)13-24(16)4)22-9-7-11-26-10-6-8-17(26)18(27)23(2)3;/h12-13,17H,6-11,14H2,1-5H3,(H,21,22);1H. The van der Waals surface area contributed by atoms with Crippen LogP contribution in [0.15, 0.2) is 17.3 Å². The number of guanidine groups is 1. The first-order chi connectivity index (χ1) is 12.8. The number of likely N-dealkylation sites (N-methyl/N-ethyl adjacent to an activating group) is 1. The summed E-state index contributed by atoms with van der Waals surface area (Å²) in [6.07, 6.45) is 4.94. The summed E-state index contributed by atoms with van der Waals surface area (Å²) >= 11 is 6.06. The van der Waals surface area contributed by atoms with E-state index in [-0.39, 0.29) is 35.9 Å². The molecule has 0 aromatic carbocycles. The van der Waals surface area contributed by atoms with E-state index in [1.807, 2.05) is 45.0 Å². The van der Waals surface area contributed by atoms with Gasteiger partial charge in [-0.1, -0.05) is 11.6 Å². The third-order valence-electron chi connectivity index (χ3n) is 5.04. The van der Waals surface area contributed by atoms with Crippen molar-refractivity contribution in [3.8, 4) is 0 Å². The molecule has 0 spiro atoms. The molecule has 0 saturated carbocycles. The minimum absolute atomic E-state index is 0. The van der Waals surface area contributed by atoms with E-state index in [9.17, 15) is 4.79 Å². The average Bonchev–Trinajstić information content (AvgIpc) is 3.20. The Hall–Kier alpha value is -1.000. The molecule has 1 unspecified atom stereocenters. The molecule has 1 N–H and O–H groups in total. The van der Waals surface area contributed by atoms with Crippen LogP contribution in [0, 0.1) is 0 Å². The van der Waals surface area contributed by atoms with Crippen molar-refractivity contribution < 1.29 is 4.79 Å². The van der Waals surface area contributed by atoms with Crippen LogP contribution in [0.2, 0.25) is 5.02 Å². The number of nitrogens with one attached hydrogen (secondary N) is 1. The van der Waals surface area contributed by atoms with E-state index in [0.717, 1.165) is 62.1 Å². The molecule has 9 heteroatoms. The number of amides is 1. The molecule has 1 amide bonds. The molecular weight excluding hydrogens is 491 g/mol. The van der Waals surface area contributed by atoms with E-state index >= 15 is 0 Å². The Bertz CT molecular complexity index is 663. The Morgan fingerprint density at radius 2 is 2.11 bits per heavy atom. The molecular formula is C19H34ClIN6O. The topological polar surface area (TPSA) is 56.1 Å². The number of aromatic nitrogens is 1. The summed E-state index contributed by atoms with van der Waals surface area (Å²) in [5.41, 5.74) is 1.13. The summed E-state index contributed by atoms with van der Waals surface area (Å²) in [5.74, 6) is 1.08. The van der Waals surface area contributed by atoms with Gasteiger partial charge in [-0.05, 0) is 31.9 Å². The Balaban J connectivity index is 0.00000392. The van der Waals surface area contributed by atoms with Crippen molar-refractivity contribution in [2.45, 2.75) is 31.8 Å². The molecule has 1 aromatic heterocycles. The monoisotopic (exact) mass is 524 g/mol. The van der Waals surface area contributed by atoms with Gasteiger partial charge in [-0.15, -0.1) is 24.0 Å². The molecule has 7 nitrogen and oxygen atoms in total. The van der Waals surface area contributed by atoms with E-state index in [4.69, 9.17) is 11.6 Å². The summed E-state index contributed by atoms with van der Waals surface area (Å²) in [7, 11) is 9.47. The van der Waals surface area contributed by atoms with Gasteiger partial charge in [-0.25, -0.2) is 0 Å². The number of carbonyl (C=O) groups excluding carboxylic acids is 1. The predicted molar refractivity (Wildman–Crippen MR) is 127 cm³/mol. The number of aliphatic imine (C=N–C) groups is 1. The lowest BCUT2D eigenvalue weighted by Crippen LogP contribution is -2.44. The van der Waals surface area contributed by atoms with Gasteiger partial charge in [0.25, 0.3) is 0 Å². The highest BCUT2D eigenvalue weighted by atomic mass is 127. The van der Waals surface area contributed by atoms with Gasteiger partial charge in [-0.2, -0.15) is 0 Å². The minimum atomic E-state index is 0. The molecule has 160 valence electrons. The molecule has 28 heavy (non-hydrogen) atoms. The maximum Gasteiger partial charge on any atom is 0.239 e. The normalized spacial score (nSPS) is 17.4. The molecule has 2 heterocycles.